The first-order valence-electron chi connectivity index (χ1n) is 8.29. The fourth-order valence-electron chi connectivity index (χ4n) is 3.56. The number of anilines is 1. The van der Waals surface area contributed by atoms with Crippen molar-refractivity contribution in [2.45, 2.75) is 25.3 Å². The second-order valence-corrected chi connectivity index (χ2v) is 7.01. The number of hydrogen-bond acceptors (Lipinski definition) is 6. The quantitative estimate of drug-likeness (QED) is 0.903. The predicted molar refractivity (Wildman–Crippen MR) is 91.8 cm³/mol. The Kier molecular flexibility index (Phi) is 4.13. The number of amides is 1. The molecule has 0 bridgehead atoms. The highest BCUT2D eigenvalue weighted by Gasteiger charge is 2.35. The highest BCUT2D eigenvalue weighted by Crippen LogP contribution is 2.32. The molecule has 2 fully saturated rings. The number of rotatable bonds is 2. The molecule has 6 nitrogen and oxygen atoms in total. The van der Waals surface area contributed by atoms with Crippen molar-refractivity contribution in [2.24, 2.45) is 0 Å². The molecule has 0 aliphatic carbocycles. The standard InChI is InChI=1S/C16H21N5OS/c22-16(20-7-2-5-17-6-9-20)13-3-1-8-21(13)14-12-4-10-23-15(12)19-11-18-14/h4,10-11,13,17H,1-3,5-9H2. The number of fused-ring (bicyclic) bond motifs is 1. The Balaban J connectivity index is 1.61. The minimum Gasteiger partial charge on any atom is -0.344 e. The molecule has 1 N–H and O–H groups in total. The number of nitrogens with one attached hydrogen (secondary N) is 1. The Morgan fingerprint density at radius 1 is 1.22 bits per heavy atom. The molecule has 2 saturated heterocycles. The van der Waals surface area contributed by atoms with Crippen LogP contribution < -0.4 is 10.2 Å². The molecule has 1 atom stereocenters. The smallest absolute Gasteiger partial charge is 0.245 e. The van der Waals surface area contributed by atoms with E-state index in [4.69, 9.17) is 0 Å². The van der Waals surface area contributed by atoms with Gasteiger partial charge in [0, 0.05) is 26.2 Å². The van der Waals surface area contributed by atoms with Crippen molar-refractivity contribution in [1.82, 2.24) is 20.2 Å². The van der Waals surface area contributed by atoms with Gasteiger partial charge in [-0.1, -0.05) is 0 Å². The van der Waals surface area contributed by atoms with Gasteiger partial charge in [-0.25, -0.2) is 9.97 Å². The van der Waals surface area contributed by atoms with Crippen LogP contribution in [0.5, 0.6) is 0 Å². The zero-order valence-electron chi connectivity index (χ0n) is 13.1. The zero-order valence-corrected chi connectivity index (χ0v) is 13.9. The summed E-state index contributed by atoms with van der Waals surface area (Å²) in [4.78, 5) is 27.1. The molecular formula is C16H21N5OS. The summed E-state index contributed by atoms with van der Waals surface area (Å²) in [5.74, 6) is 1.17. The van der Waals surface area contributed by atoms with Crippen LogP contribution in [0.3, 0.4) is 0 Å². The Hall–Kier alpha value is -1.73. The summed E-state index contributed by atoms with van der Waals surface area (Å²) in [7, 11) is 0. The second kappa shape index (κ2) is 6.41. The van der Waals surface area contributed by atoms with Gasteiger partial charge in [-0.15, -0.1) is 11.3 Å². The van der Waals surface area contributed by atoms with Crippen LogP contribution in [0.15, 0.2) is 17.8 Å². The molecule has 0 aromatic carbocycles. The van der Waals surface area contributed by atoms with Crippen molar-refractivity contribution in [3.8, 4) is 0 Å². The van der Waals surface area contributed by atoms with Gasteiger partial charge in [0.15, 0.2) is 0 Å². The molecule has 0 spiro atoms. The fourth-order valence-corrected chi connectivity index (χ4v) is 4.29. The van der Waals surface area contributed by atoms with E-state index < -0.39 is 0 Å². The van der Waals surface area contributed by atoms with Crippen molar-refractivity contribution >= 4 is 33.3 Å². The minimum absolute atomic E-state index is 0.0777. The molecule has 2 aliphatic rings. The van der Waals surface area contributed by atoms with E-state index in [1.807, 2.05) is 10.3 Å². The monoisotopic (exact) mass is 331 g/mol. The Labute approximate surface area is 139 Å². The van der Waals surface area contributed by atoms with Crippen LogP contribution in [0.4, 0.5) is 5.82 Å². The third-order valence-corrected chi connectivity index (χ3v) is 5.52. The van der Waals surface area contributed by atoms with Gasteiger partial charge in [0.1, 0.15) is 23.0 Å². The first-order valence-corrected chi connectivity index (χ1v) is 9.17. The van der Waals surface area contributed by atoms with E-state index in [-0.39, 0.29) is 11.9 Å². The SMILES string of the molecule is O=C(C1CCCN1c1ncnc2sccc12)N1CCCNCC1. The van der Waals surface area contributed by atoms with Crippen LogP contribution in [0.2, 0.25) is 0 Å². The summed E-state index contributed by atoms with van der Waals surface area (Å²) < 4.78 is 0. The third kappa shape index (κ3) is 2.79. The summed E-state index contributed by atoms with van der Waals surface area (Å²) in [6.07, 6.45) is 4.60. The Morgan fingerprint density at radius 3 is 3.13 bits per heavy atom. The van der Waals surface area contributed by atoms with Crippen LogP contribution in [-0.4, -0.2) is 59.5 Å². The van der Waals surface area contributed by atoms with Crippen LogP contribution in [-0.2, 0) is 4.79 Å². The Bertz CT molecular complexity index is 695. The lowest BCUT2D eigenvalue weighted by atomic mass is 10.1. The normalized spacial score (nSPS) is 22.5. The van der Waals surface area contributed by atoms with E-state index in [9.17, 15) is 4.79 Å². The molecule has 4 heterocycles. The maximum Gasteiger partial charge on any atom is 0.245 e. The summed E-state index contributed by atoms with van der Waals surface area (Å²) in [6, 6.07) is 1.98. The first-order chi connectivity index (χ1) is 11.3. The van der Waals surface area contributed by atoms with Crippen LogP contribution in [0.25, 0.3) is 10.2 Å². The van der Waals surface area contributed by atoms with Crippen molar-refractivity contribution in [2.75, 3.05) is 37.6 Å². The van der Waals surface area contributed by atoms with Gasteiger partial charge in [0.25, 0.3) is 0 Å². The molecule has 0 radical (unpaired) electrons. The predicted octanol–water partition coefficient (Wildman–Crippen LogP) is 1.48. The van der Waals surface area contributed by atoms with Gasteiger partial charge >= 0.3 is 0 Å². The summed E-state index contributed by atoms with van der Waals surface area (Å²) in [5.41, 5.74) is 0. The Morgan fingerprint density at radius 2 is 2.17 bits per heavy atom. The zero-order chi connectivity index (χ0) is 15.6. The number of carbonyl (C=O) groups excluding carboxylic acids is 1. The average Bonchev–Trinajstić information content (AvgIpc) is 3.17. The number of aromatic nitrogens is 2. The maximum atomic E-state index is 13.0. The second-order valence-electron chi connectivity index (χ2n) is 6.12. The molecule has 2 aromatic heterocycles. The molecule has 2 aromatic rings. The highest BCUT2D eigenvalue weighted by molar-refractivity contribution is 7.16. The number of thiophene rings is 1. The fraction of sp³-hybridized carbons (Fsp3) is 0.562. The van der Waals surface area contributed by atoms with Gasteiger partial charge in [0.2, 0.25) is 5.91 Å². The summed E-state index contributed by atoms with van der Waals surface area (Å²) in [5, 5.41) is 6.46. The molecule has 2 aliphatic heterocycles. The average molecular weight is 331 g/mol. The number of nitrogens with zero attached hydrogens (tertiary/aromatic N) is 4. The van der Waals surface area contributed by atoms with Crippen molar-refractivity contribution < 1.29 is 4.79 Å². The summed E-state index contributed by atoms with van der Waals surface area (Å²) >= 11 is 1.62. The van der Waals surface area contributed by atoms with Gasteiger partial charge < -0.3 is 15.1 Å². The lowest BCUT2D eigenvalue weighted by molar-refractivity contribution is -0.132. The van der Waals surface area contributed by atoms with Crippen molar-refractivity contribution in [1.29, 1.82) is 0 Å². The van der Waals surface area contributed by atoms with Crippen LogP contribution >= 0.6 is 11.3 Å². The largest absolute Gasteiger partial charge is 0.344 e. The third-order valence-electron chi connectivity index (χ3n) is 4.70. The van der Waals surface area contributed by atoms with E-state index >= 15 is 0 Å². The van der Waals surface area contributed by atoms with Crippen LogP contribution in [0, 0.1) is 0 Å². The van der Waals surface area contributed by atoms with E-state index in [0.717, 1.165) is 68.0 Å². The first kappa shape index (κ1) is 14.8. The molecule has 1 unspecified atom stereocenters. The lowest BCUT2D eigenvalue weighted by Gasteiger charge is -2.30. The van der Waals surface area contributed by atoms with E-state index in [1.165, 1.54) is 0 Å². The van der Waals surface area contributed by atoms with Crippen LogP contribution in [0.1, 0.15) is 19.3 Å². The molecule has 7 heteroatoms. The molecule has 23 heavy (non-hydrogen) atoms. The van der Waals surface area contributed by atoms with E-state index in [2.05, 4.69) is 26.3 Å². The molecule has 122 valence electrons. The van der Waals surface area contributed by atoms with Crippen molar-refractivity contribution in [3.63, 3.8) is 0 Å². The number of hydrogen-bond donors (Lipinski definition) is 1. The van der Waals surface area contributed by atoms with Gasteiger partial charge in [-0.2, -0.15) is 0 Å². The summed E-state index contributed by atoms with van der Waals surface area (Å²) in [6.45, 7) is 4.44. The van der Waals surface area contributed by atoms with Gasteiger partial charge in [0.05, 0.1) is 5.39 Å². The van der Waals surface area contributed by atoms with Gasteiger partial charge in [-0.3, -0.25) is 4.79 Å². The lowest BCUT2D eigenvalue weighted by Crippen LogP contribution is -2.47. The molecule has 1 amide bonds. The highest BCUT2D eigenvalue weighted by atomic mass is 32.1. The molecular weight excluding hydrogens is 310 g/mol. The topological polar surface area (TPSA) is 61.4 Å². The molecule has 4 rings (SSSR count). The van der Waals surface area contributed by atoms with E-state index in [0.29, 0.717) is 0 Å². The molecule has 0 saturated carbocycles. The van der Waals surface area contributed by atoms with Gasteiger partial charge in [-0.05, 0) is 37.3 Å². The van der Waals surface area contributed by atoms with E-state index in [1.54, 1.807) is 17.7 Å². The maximum absolute atomic E-state index is 13.0. The van der Waals surface area contributed by atoms with Crippen molar-refractivity contribution in [3.05, 3.63) is 17.8 Å². The minimum atomic E-state index is -0.0777. The number of carbonyl (C=O) groups is 1.